The minimum absolute atomic E-state index is 0.109. The van der Waals surface area contributed by atoms with Crippen molar-refractivity contribution in [3.05, 3.63) is 118 Å². The van der Waals surface area contributed by atoms with Gasteiger partial charge in [-0.3, -0.25) is 29.5 Å². The van der Waals surface area contributed by atoms with Crippen molar-refractivity contribution < 1.29 is 38.3 Å². The molecule has 0 bridgehead atoms. The Morgan fingerprint density at radius 1 is 0.635 bits per heavy atom. The number of non-ortho nitro benzene ring substituents is 1. The lowest BCUT2D eigenvalue weighted by molar-refractivity contribution is -0.384. The second-order valence-corrected chi connectivity index (χ2v) is 19.3. The smallest absolute Gasteiger partial charge is 0.440 e. The number of piperazine rings is 2. The van der Waals surface area contributed by atoms with Gasteiger partial charge in [-0.05, 0) is 101 Å². The number of hydrogen-bond donors (Lipinski definition) is 3. The van der Waals surface area contributed by atoms with Crippen molar-refractivity contribution in [3.8, 4) is 17.2 Å². The van der Waals surface area contributed by atoms with Crippen LogP contribution in [0.1, 0.15) is 100 Å². The number of hydrogen-bond acceptors (Lipinski definition) is 14. The summed E-state index contributed by atoms with van der Waals surface area (Å²) < 4.78 is 20.0. The van der Waals surface area contributed by atoms with Gasteiger partial charge in [0.25, 0.3) is 5.69 Å². The van der Waals surface area contributed by atoms with Gasteiger partial charge in [-0.15, -0.1) is 10.2 Å². The van der Waals surface area contributed by atoms with E-state index in [0.717, 1.165) is 81.4 Å². The van der Waals surface area contributed by atoms with Gasteiger partial charge >= 0.3 is 12.1 Å². The SMILES string of the molecule is CC(=O)Nc1ccn(C(=O)N2CCN(Cc3ccc(C)cc3OC3CCCCC3)CC2)n1.CC(=O)Nc1ccn(C(=O)Oc2ccc([N+](=O)[O-])cc2)n1.Cc1ccc(CN2CCNCC2)c(OC2CCCCC2)c1. The first-order valence-electron chi connectivity index (χ1n) is 25.8. The number of anilines is 2. The Bertz CT molecular complexity index is 2650. The molecule has 396 valence electrons. The highest BCUT2D eigenvalue weighted by Gasteiger charge is 2.25. The third kappa shape index (κ3) is 17.0. The van der Waals surface area contributed by atoms with E-state index in [2.05, 4.69) is 86.2 Å². The molecule has 3 N–H and O–H groups in total. The summed E-state index contributed by atoms with van der Waals surface area (Å²) in [4.78, 5) is 63.2. The minimum atomic E-state index is -0.805. The van der Waals surface area contributed by atoms with E-state index in [1.54, 1.807) is 17.2 Å². The van der Waals surface area contributed by atoms with Crippen molar-refractivity contribution >= 4 is 41.3 Å². The second-order valence-electron chi connectivity index (χ2n) is 19.3. The molecular weight excluding hydrogens is 947 g/mol. The average Bonchev–Trinajstić information content (AvgIpc) is 4.07. The zero-order valence-corrected chi connectivity index (χ0v) is 43.1. The summed E-state index contributed by atoms with van der Waals surface area (Å²) in [6, 6.07) is 21.1. The van der Waals surface area contributed by atoms with Gasteiger partial charge in [-0.25, -0.2) is 9.59 Å². The fraction of sp³-hybridized carbons (Fsp3) is 0.481. The first-order valence-corrected chi connectivity index (χ1v) is 25.8. The monoisotopic (exact) mass is 1020 g/mol. The normalized spacial score (nSPS) is 16.6. The second kappa shape index (κ2) is 27.2. The fourth-order valence-electron chi connectivity index (χ4n) is 9.26. The van der Waals surface area contributed by atoms with E-state index in [-0.39, 0.29) is 35.1 Å². The molecule has 2 saturated carbocycles. The number of nitrogens with one attached hydrogen (secondary N) is 3. The van der Waals surface area contributed by atoms with Crippen molar-refractivity contribution in [2.45, 2.75) is 117 Å². The van der Waals surface area contributed by atoms with Crippen LogP contribution in [0.3, 0.4) is 0 Å². The van der Waals surface area contributed by atoms with Crippen LogP contribution in [0.25, 0.3) is 0 Å². The third-order valence-electron chi connectivity index (χ3n) is 13.2. The molecule has 2 aliphatic carbocycles. The van der Waals surface area contributed by atoms with Crippen molar-refractivity contribution in [2.24, 2.45) is 0 Å². The molecule has 20 heteroatoms. The molecule has 9 rings (SSSR count). The van der Waals surface area contributed by atoms with E-state index >= 15 is 0 Å². The first kappa shape index (κ1) is 54.6. The quantitative estimate of drug-likeness (QED) is 0.0788. The van der Waals surface area contributed by atoms with Gasteiger partial charge in [-0.2, -0.15) is 9.36 Å². The number of carbonyl (C=O) groups excluding carboxylic acids is 4. The molecule has 2 aromatic heterocycles. The minimum Gasteiger partial charge on any atom is -0.490 e. The lowest BCUT2D eigenvalue weighted by Gasteiger charge is -2.35. The lowest BCUT2D eigenvalue weighted by Crippen LogP contribution is -2.49. The predicted octanol–water partition coefficient (Wildman–Crippen LogP) is 8.56. The maximum absolute atomic E-state index is 12.8. The van der Waals surface area contributed by atoms with Crippen molar-refractivity contribution in [3.63, 3.8) is 0 Å². The van der Waals surface area contributed by atoms with Gasteiger partial charge in [0.2, 0.25) is 11.8 Å². The Balaban J connectivity index is 0.000000168. The Kier molecular flexibility index (Phi) is 20.1. The summed E-state index contributed by atoms with van der Waals surface area (Å²) in [7, 11) is 0. The number of nitro groups is 1. The van der Waals surface area contributed by atoms with Crippen molar-refractivity contribution in [1.29, 1.82) is 0 Å². The maximum atomic E-state index is 12.8. The number of aryl methyl sites for hydroxylation is 2. The van der Waals surface area contributed by atoms with Crippen LogP contribution in [0.15, 0.2) is 85.2 Å². The van der Waals surface area contributed by atoms with Crippen LogP contribution in [0, 0.1) is 24.0 Å². The van der Waals surface area contributed by atoms with Crippen LogP contribution in [-0.2, 0) is 22.7 Å². The number of ether oxygens (including phenoxy) is 3. The largest absolute Gasteiger partial charge is 0.490 e. The van der Waals surface area contributed by atoms with Crippen LogP contribution in [-0.4, -0.2) is 128 Å². The van der Waals surface area contributed by atoms with Gasteiger partial charge in [0, 0.05) is 127 Å². The van der Waals surface area contributed by atoms with Crippen molar-refractivity contribution in [1.82, 2.24) is 39.6 Å². The zero-order chi connectivity index (χ0) is 52.4. The predicted molar refractivity (Wildman–Crippen MR) is 281 cm³/mol. The molecule has 4 aliphatic rings. The summed E-state index contributed by atoms with van der Waals surface area (Å²) in [6.45, 7) is 16.2. The zero-order valence-electron chi connectivity index (χ0n) is 43.1. The van der Waals surface area contributed by atoms with Gasteiger partial charge in [0.15, 0.2) is 11.6 Å². The molecular formula is C54H71N11O9. The van der Waals surface area contributed by atoms with E-state index in [1.165, 1.54) is 129 Å². The molecule has 0 atom stereocenters. The van der Waals surface area contributed by atoms with Crippen LogP contribution < -0.4 is 30.2 Å². The Labute approximate surface area is 432 Å². The molecule has 4 fully saturated rings. The van der Waals surface area contributed by atoms with E-state index in [9.17, 15) is 29.3 Å². The van der Waals surface area contributed by atoms with Crippen LogP contribution >= 0.6 is 0 Å². The molecule has 20 nitrogen and oxygen atoms in total. The maximum Gasteiger partial charge on any atom is 0.440 e. The van der Waals surface area contributed by atoms with Crippen LogP contribution in [0.5, 0.6) is 17.2 Å². The number of nitro benzene ring substituents is 1. The van der Waals surface area contributed by atoms with Crippen molar-refractivity contribution in [2.75, 3.05) is 63.0 Å². The van der Waals surface area contributed by atoms with Crippen LogP contribution in [0.2, 0.25) is 0 Å². The number of aromatic nitrogens is 4. The molecule has 74 heavy (non-hydrogen) atoms. The van der Waals surface area contributed by atoms with Gasteiger partial charge in [0.05, 0.1) is 17.1 Å². The molecule has 2 saturated heterocycles. The summed E-state index contributed by atoms with van der Waals surface area (Å²) in [5.74, 6) is 2.35. The van der Waals surface area contributed by atoms with E-state index in [4.69, 9.17) is 14.2 Å². The molecule has 4 heterocycles. The standard InChI is InChI=1S/C24H33N5O3.C18H28N2O.C12H10N4O5/c1-18-8-9-20(22(16-18)32-21-6-4-3-5-7-21)17-27-12-14-28(15-13-27)24(31)29-11-10-23(26-29)25-19(2)30;1-15-7-8-16(14-20-11-9-19-10-12-20)18(13-15)21-17-5-3-2-4-6-17;1-8(17)13-11-6-7-15(14-11)12(18)21-10-4-2-9(3-5-10)16(19)20/h8-11,16,21H,3-7,12-15,17H2,1-2H3,(H,25,26,30);7-8,13,17,19H,2-6,9-12,14H2,1H3;2-7H,1H3,(H,13,14,17). The Morgan fingerprint density at radius 3 is 1.59 bits per heavy atom. The average molecular weight is 1020 g/mol. The summed E-state index contributed by atoms with van der Waals surface area (Å²) in [5.41, 5.74) is 4.97. The molecule has 5 aromatic rings. The molecule has 2 aliphatic heterocycles. The number of amides is 3. The fourth-order valence-corrected chi connectivity index (χ4v) is 9.26. The first-order chi connectivity index (χ1) is 35.7. The topological polar surface area (TPSA) is 221 Å². The van der Waals surface area contributed by atoms with Crippen LogP contribution in [0.4, 0.5) is 26.9 Å². The van der Waals surface area contributed by atoms with Gasteiger partial charge < -0.3 is 35.1 Å². The molecule has 0 radical (unpaired) electrons. The summed E-state index contributed by atoms with van der Waals surface area (Å²) in [6.07, 6.45) is 15.4. The number of benzene rings is 3. The summed E-state index contributed by atoms with van der Waals surface area (Å²) >= 11 is 0. The third-order valence-corrected chi connectivity index (χ3v) is 13.2. The highest BCUT2D eigenvalue weighted by atomic mass is 16.6. The van der Waals surface area contributed by atoms with Gasteiger partial charge in [0.1, 0.15) is 17.2 Å². The highest BCUT2D eigenvalue weighted by molar-refractivity contribution is 5.88. The van der Waals surface area contributed by atoms with E-state index in [1.807, 2.05) is 0 Å². The highest BCUT2D eigenvalue weighted by Crippen LogP contribution is 2.30. The molecule has 3 amide bonds. The lowest BCUT2D eigenvalue weighted by atomic mass is 9.97. The molecule has 0 spiro atoms. The molecule has 0 unspecified atom stereocenters. The van der Waals surface area contributed by atoms with Gasteiger partial charge in [-0.1, -0.05) is 37.1 Å². The van der Waals surface area contributed by atoms with E-state index < -0.39 is 11.0 Å². The number of rotatable bonds is 12. The molecule has 3 aromatic carbocycles. The Hall–Kier alpha value is -7.16. The summed E-state index contributed by atoms with van der Waals surface area (Å²) in [5, 5.41) is 26.9. The van der Waals surface area contributed by atoms with E-state index in [0.29, 0.717) is 31.1 Å². The number of carbonyl (C=O) groups is 4. The Morgan fingerprint density at radius 2 is 1.11 bits per heavy atom. The number of nitrogens with zero attached hydrogens (tertiary/aromatic N) is 8.